The lowest BCUT2D eigenvalue weighted by atomic mass is 9.72. The van der Waals surface area contributed by atoms with Crippen LogP contribution in [-0.2, 0) is 18.3 Å². The Labute approximate surface area is 183 Å². The minimum atomic E-state index is -4.95. The Morgan fingerprint density at radius 1 is 1.10 bits per heavy atom. The van der Waals surface area contributed by atoms with Gasteiger partial charge in [-0.25, -0.2) is 0 Å². The molecule has 1 N–H and O–H groups in total. The number of alkyl halides is 3. The number of benzene rings is 2. The number of rotatable bonds is 5. The van der Waals surface area contributed by atoms with Gasteiger partial charge in [0.05, 0.1) is 29.9 Å². The summed E-state index contributed by atoms with van der Waals surface area (Å²) >= 11 is 6.08. The molecule has 0 saturated carbocycles. The molecule has 8 heteroatoms. The monoisotopic (exact) mass is 448 g/mol. The molecule has 0 radical (unpaired) electrons. The van der Waals surface area contributed by atoms with Crippen molar-refractivity contribution in [2.75, 3.05) is 6.61 Å². The van der Waals surface area contributed by atoms with Gasteiger partial charge >= 0.3 is 6.18 Å². The third kappa shape index (κ3) is 4.49. The Bertz CT molecular complexity index is 1100. The van der Waals surface area contributed by atoms with Crippen molar-refractivity contribution in [2.24, 2.45) is 0 Å². The molecule has 0 saturated heterocycles. The van der Waals surface area contributed by atoms with Crippen LogP contribution in [0.25, 0.3) is 0 Å². The van der Waals surface area contributed by atoms with E-state index in [1.54, 1.807) is 19.9 Å². The van der Waals surface area contributed by atoms with Gasteiger partial charge in [-0.05, 0) is 47.2 Å². The van der Waals surface area contributed by atoms with Crippen LogP contribution in [0.4, 0.5) is 13.2 Å². The van der Waals surface area contributed by atoms with Crippen molar-refractivity contribution >= 4 is 11.6 Å². The molecular weight excluding hydrogens is 429 g/mol. The first-order valence-electron chi connectivity index (χ1n) is 9.58. The SMILES string of the molecule is CC(C)(CC(O)(Cc1ccc(C#N)cc1Cl)C(F)(F)F)c1cc(C#N)cc2c1OCC2. The lowest BCUT2D eigenvalue weighted by Crippen LogP contribution is -2.51. The first-order chi connectivity index (χ1) is 14.4. The van der Waals surface area contributed by atoms with Crippen LogP contribution < -0.4 is 4.74 Å². The van der Waals surface area contributed by atoms with Gasteiger partial charge in [0, 0.05) is 23.4 Å². The predicted molar refractivity (Wildman–Crippen MR) is 109 cm³/mol. The van der Waals surface area contributed by atoms with Gasteiger partial charge in [0.15, 0.2) is 5.60 Å². The van der Waals surface area contributed by atoms with E-state index >= 15 is 0 Å². The van der Waals surface area contributed by atoms with Gasteiger partial charge in [-0.2, -0.15) is 23.7 Å². The molecule has 0 aliphatic carbocycles. The molecule has 162 valence electrons. The molecule has 0 bridgehead atoms. The van der Waals surface area contributed by atoms with Crippen molar-refractivity contribution in [1.82, 2.24) is 0 Å². The molecule has 3 rings (SSSR count). The first kappa shape index (κ1) is 22.9. The van der Waals surface area contributed by atoms with Gasteiger partial charge in [-0.15, -0.1) is 0 Å². The second kappa shape index (κ2) is 8.07. The van der Waals surface area contributed by atoms with Crippen LogP contribution in [0.15, 0.2) is 30.3 Å². The zero-order valence-corrected chi connectivity index (χ0v) is 17.7. The van der Waals surface area contributed by atoms with Gasteiger partial charge < -0.3 is 9.84 Å². The molecule has 0 aromatic heterocycles. The molecule has 2 aromatic rings. The fourth-order valence-electron chi connectivity index (χ4n) is 4.04. The number of nitrogens with zero attached hydrogens (tertiary/aromatic N) is 2. The minimum absolute atomic E-state index is 0.0183. The maximum absolute atomic E-state index is 14.1. The zero-order valence-electron chi connectivity index (χ0n) is 17.0. The van der Waals surface area contributed by atoms with Gasteiger partial charge in [0.25, 0.3) is 0 Å². The molecule has 1 aliphatic rings. The molecule has 31 heavy (non-hydrogen) atoms. The van der Waals surface area contributed by atoms with Crippen LogP contribution in [0, 0.1) is 22.7 Å². The third-order valence-corrected chi connectivity index (χ3v) is 5.92. The van der Waals surface area contributed by atoms with E-state index in [0.29, 0.717) is 29.9 Å². The number of fused-ring (bicyclic) bond motifs is 1. The number of hydrogen-bond donors (Lipinski definition) is 1. The Balaban J connectivity index is 2.03. The van der Waals surface area contributed by atoms with Crippen LogP contribution in [0.3, 0.4) is 0 Å². The van der Waals surface area contributed by atoms with Crippen LogP contribution in [-0.4, -0.2) is 23.5 Å². The highest BCUT2D eigenvalue weighted by Crippen LogP contribution is 2.47. The Morgan fingerprint density at radius 2 is 1.77 bits per heavy atom. The fourth-order valence-corrected chi connectivity index (χ4v) is 4.29. The summed E-state index contributed by atoms with van der Waals surface area (Å²) in [5, 5.41) is 29.1. The highest BCUT2D eigenvalue weighted by molar-refractivity contribution is 6.31. The van der Waals surface area contributed by atoms with Crippen LogP contribution in [0.1, 0.15) is 48.1 Å². The number of nitriles is 2. The highest BCUT2D eigenvalue weighted by Gasteiger charge is 2.56. The lowest BCUT2D eigenvalue weighted by molar-refractivity contribution is -0.266. The normalized spacial score (nSPS) is 15.4. The predicted octanol–water partition coefficient (Wildman–Crippen LogP) is 5.22. The fraction of sp³-hybridized carbons (Fsp3) is 0.391. The van der Waals surface area contributed by atoms with Crippen molar-refractivity contribution in [3.05, 3.63) is 63.2 Å². The third-order valence-electron chi connectivity index (χ3n) is 5.57. The number of halogens is 4. The minimum Gasteiger partial charge on any atom is -0.493 e. The van der Waals surface area contributed by atoms with E-state index in [4.69, 9.17) is 21.6 Å². The zero-order chi connectivity index (χ0) is 23.0. The maximum atomic E-state index is 14.1. The summed E-state index contributed by atoms with van der Waals surface area (Å²) in [7, 11) is 0. The van der Waals surface area contributed by atoms with E-state index in [0.717, 1.165) is 5.56 Å². The van der Waals surface area contributed by atoms with Gasteiger partial charge in [-0.3, -0.25) is 0 Å². The lowest BCUT2D eigenvalue weighted by Gasteiger charge is -2.38. The Hall–Kier alpha value is -2.74. The van der Waals surface area contributed by atoms with Crippen molar-refractivity contribution in [3.63, 3.8) is 0 Å². The van der Waals surface area contributed by atoms with Crippen molar-refractivity contribution in [2.45, 2.75) is 50.3 Å². The average molecular weight is 449 g/mol. The van der Waals surface area contributed by atoms with Crippen LogP contribution in [0.2, 0.25) is 5.02 Å². The summed E-state index contributed by atoms with van der Waals surface area (Å²) in [4.78, 5) is 0. The Kier molecular flexibility index (Phi) is 5.97. The first-order valence-corrected chi connectivity index (χ1v) is 9.96. The molecule has 2 aromatic carbocycles. The largest absolute Gasteiger partial charge is 0.493 e. The van der Waals surface area contributed by atoms with Crippen molar-refractivity contribution < 1.29 is 23.0 Å². The van der Waals surface area contributed by atoms with E-state index < -0.39 is 30.0 Å². The molecule has 1 unspecified atom stereocenters. The molecule has 4 nitrogen and oxygen atoms in total. The number of aliphatic hydroxyl groups is 1. The molecule has 1 aliphatic heterocycles. The van der Waals surface area contributed by atoms with Crippen LogP contribution >= 0.6 is 11.6 Å². The molecular formula is C23H20ClF3N2O2. The summed E-state index contributed by atoms with van der Waals surface area (Å²) in [6, 6.07) is 11.1. The Morgan fingerprint density at radius 3 is 2.35 bits per heavy atom. The molecule has 1 heterocycles. The number of hydrogen-bond acceptors (Lipinski definition) is 4. The van der Waals surface area contributed by atoms with E-state index in [1.807, 2.05) is 12.1 Å². The van der Waals surface area contributed by atoms with Crippen molar-refractivity contribution in [3.8, 4) is 17.9 Å². The van der Waals surface area contributed by atoms with E-state index in [2.05, 4.69) is 0 Å². The van der Waals surface area contributed by atoms with Crippen molar-refractivity contribution in [1.29, 1.82) is 10.5 Å². The quantitative estimate of drug-likeness (QED) is 0.680. The summed E-state index contributed by atoms with van der Waals surface area (Å²) in [6.07, 6.45) is -5.83. The smallest absolute Gasteiger partial charge is 0.417 e. The summed E-state index contributed by atoms with van der Waals surface area (Å²) in [6.45, 7) is 3.56. The highest BCUT2D eigenvalue weighted by atomic mass is 35.5. The summed E-state index contributed by atoms with van der Waals surface area (Å²) in [5.74, 6) is 0.477. The summed E-state index contributed by atoms with van der Waals surface area (Å²) in [5.41, 5.74) is -2.42. The van der Waals surface area contributed by atoms with Crippen LogP contribution in [0.5, 0.6) is 5.75 Å². The van der Waals surface area contributed by atoms with Gasteiger partial charge in [-0.1, -0.05) is 31.5 Å². The molecule has 0 amide bonds. The molecule has 0 fully saturated rings. The second-order valence-electron chi connectivity index (χ2n) is 8.41. The molecule has 1 atom stereocenters. The topological polar surface area (TPSA) is 77.0 Å². The van der Waals surface area contributed by atoms with Gasteiger partial charge in [0.2, 0.25) is 0 Å². The van der Waals surface area contributed by atoms with E-state index in [9.17, 15) is 23.5 Å². The summed E-state index contributed by atoms with van der Waals surface area (Å²) < 4.78 is 48.0. The van der Waals surface area contributed by atoms with E-state index in [-0.39, 0.29) is 16.1 Å². The number of ether oxygens (including phenoxy) is 1. The molecule has 0 spiro atoms. The van der Waals surface area contributed by atoms with Gasteiger partial charge in [0.1, 0.15) is 5.75 Å². The standard InChI is InChI=1S/C23H20ClF3N2O2/c1-21(2,18-8-15(12-29)7-16-5-6-31-20(16)18)13-22(30,23(25,26)27)10-17-4-3-14(11-28)9-19(17)24/h3-4,7-9,30H,5-6,10,13H2,1-2H3. The maximum Gasteiger partial charge on any atom is 0.417 e. The van der Waals surface area contributed by atoms with E-state index in [1.165, 1.54) is 24.3 Å². The second-order valence-corrected chi connectivity index (χ2v) is 8.81. The average Bonchev–Trinajstić information content (AvgIpc) is 3.15.